The van der Waals surface area contributed by atoms with E-state index in [2.05, 4.69) is 53.9 Å². The second-order valence-corrected chi connectivity index (χ2v) is 8.47. The summed E-state index contributed by atoms with van der Waals surface area (Å²) in [7, 11) is 0. The van der Waals surface area contributed by atoms with Crippen LogP contribution in [0.2, 0.25) is 0 Å². The van der Waals surface area contributed by atoms with E-state index in [1.807, 2.05) is 36.4 Å². The zero-order valence-electron chi connectivity index (χ0n) is 10.1. The summed E-state index contributed by atoms with van der Waals surface area (Å²) in [4.78, 5) is 0.913. The molecule has 1 nitrogen and oxygen atoms in total. The van der Waals surface area contributed by atoms with Gasteiger partial charge in [-0.2, -0.15) is 0 Å². The van der Waals surface area contributed by atoms with Crippen LogP contribution in [0.25, 0.3) is 10.8 Å². The van der Waals surface area contributed by atoms with Crippen LogP contribution in [0.4, 0.5) is 0 Å². The number of thiophene rings is 1. The molecule has 102 valence electrons. The van der Waals surface area contributed by atoms with Gasteiger partial charge in [-0.25, -0.2) is 0 Å². The molecule has 0 spiro atoms. The van der Waals surface area contributed by atoms with Crippen LogP contribution in [0.5, 0.6) is 0 Å². The van der Waals surface area contributed by atoms with E-state index in [4.69, 9.17) is 0 Å². The number of halogens is 3. The van der Waals surface area contributed by atoms with Crippen molar-refractivity contribution in [1.29, 1.82) is 0 Å². The Bertz CT molecular complexity index is 762. The molecule has 0 saturated heterocycles. The molecular weight excluding hydrogens is 468 g/mol. The number of benzene rings is 2. The monoisotopic (exact) mass is 474 g/mol. The first kappa shape index (κ1) is 14.7. The summed E-state index contributed by atoms with van der Waals surface area (Å²) >= 11 is 12.0. The topological polar surface area (TPSA) is 20.2 Å². The summed E-state index contributed by atoms with van der Waals surface area (Å²) in [6, 6.07) is 14.0. The van der Waals surface area contributed by atoms with Gasteiger partial charge >= 0.3 is 0 Å². The van der Waals surface area contributed by atoms with Crippen molar-refractivity contribution in [3.63, 3.8) is 0 Å². The predicted octanol–water partition coefficient (Wildman–Crippen LogP) is 6.27. The average Bonchev–Trinajstić information content (AvgIpc) is 2.79. The summed E-state index contributed by atoms with van der Waals surface area (Å²) in [6.45, 7) is 0. The van der Waals surface area contributed by atoms with Crippen LogP contribution in [0, 0.1) is 0 Å². The van der Waals surface area contributed by atoms with Gasteiger partial charge in [0.05, 0.1) is 3.79 Å². The zero-order valence-corrected chi connectivity index (χ0v) is 15.7. The van der Waals surface area contributed by atoms with E-state index in [-0.39, 0.29) is 0 Å². The largest absolute Gasteiger partial charge is 0.383 e. The Morgan fingerprint density at radius 3 is 2.25 bits per heavy atom. The molecule has 0 aliphatic rings. The highest BCUT2D eigenvalue weighted by atomic mass is 79.9. The lowest BCUT2D eigenvalue weighted by molar-refractivity contribution is 0.225. The number of hydrogen-bond donors (Lipinski definition) is 1. The van der Waals surface area contributed by atoms with Crippen LogP contribution >= 0.6 is 59.1 Å². The van der Waals surface area contributed by atoms with Crippen molar-refractivity contribution in [2.45, 2.75) is 6.10 Å². The van der Waals surface area contributed by atoms with Crippen LogP contribution < -0.4 is 0 Å². The first-order valence-corrected chi connectivity index (χ1v) is 9.07. The van der Waals surface area contributed by atoms with Gasteiger partial charge in [0.25, 0.3) is 0 Å². The predicted molar refractivity (Wildman–Crippen MR) is 95.4 cm³/mol. The molecule has 1 atom stereocenters. The molecule has 0 radical (unpaired) electrons. The van der Waals surface area contributed by atoms with E-state index in [9.17, 15) is 5.11 Å². The van der Waals surface area contributed by atoms with Gasteiger partial charge in [0.15, 0.2) is 0 Å². The molecule has 1 unspecified atom stereocenters. The number of rotatable bonds is 2. The summed E-state index contributed by atoms with van der Waals surface area (Å²) in [5, 5.41) is 12.8. The molecule has 0 aliphatic carbocycles. The van der Waals surface area contributed by atoms with Crippen LogP contribution in [-0.2, 0) is 0 Å². The average molecular weight is 477 g/mol. The summed E-state index contributed by atoms with van der Waals surface area (Å²) < 4.78 is 3.00. The molecule has 0 bridgehead atoms. The van der Waals surface area contributed by atoms with Gasteiger partial charge in [-0.05, 0) is 60.3 Å². The first-order chi connectivity index (χ1) is 9.58. The van der Waals surface area contributed by atoms with Crippen molar-refractivity contribution in [3.05, 3.63) is 65.6 Å². The van der Waals surface area contributed by atoms with Gasteiger partial charge in [-0.3, -0.25) is 0 Å². The van der Waals surface area contributed by atoms with E-state index in [0.29, 0.717) is 0 Å². The third-order valence-corrected chi connectivity index (χ3v) is 7.13. The van der Waals surface area contributed by atoms with Crippen molar-refractivity contribution < 1.29 is 5.11 Å². The van der Waals surface area contributed by atoms with Gasteiger partial charge in [-0.1, -0.05) is 46.3 Å². The molecule has 5 heteroatoms. The van der Waals surface area contributed by atoms with Crippen molar-refractivity contribution >= 4 is 69.9 Å². The maximum atomic E-state index is 10.7. The standard InChI is InChI=1S/C15H9Br3OS/c16-11-6-5-10(8-3-1-2-4-9(8)11)14(19)13-7-12(17)15(18)20-13/h1-7,14,19H. The minimum atomic E-state index is -0.624. The van der Waals surface area contributed by atoms with E-state index < -0.39 is 6.10 Å². The fourth-order valence-electron chi connectivity index (χ4n) is 2.18. The molecule has 2 aromatic carbocycles. The Morgan fingerprint density at radius 1 is 0.900 bits per heavy atom. The van der Waals surface area contributed by atoms with E-state index in [1.54, 1.807) is 0 Å². The second-order valence-electron chi connectivity index (χ2n) is 4.36. The Hall–Kier alpha value is -0.200. The van der Waals surface area contributed by atoms with Gasteiger partial charge in [0.1, 0.15) is 6.10 Å². The van der Waals surface area contributed by atoms with Crippen molar-refractivity contribution in [2.24, 2.45) is 0 Å². The van der Waals surface area contributed by atoms with Crippen LogP contribution in [0.3, 0.4) is 0 Å². The van der Waals surface area contributed by atoms with Crippen LogP contribution in [-0.4, -0.2) is 5.11 Å². The lowest BCUT2D eigenvalue weighted by Crippen LogP contribution is -1.98. The highest BCUT2D eigenvalue weighted by Gasteiger charge is 2.18. The van der Waals surface area contributed by atoms with E-state index in [1.165, 1.54) is 11.3 Å². The number of fused-ring (bicyclic) bond motifs is 1. The Balaban J connectivity index is 2.17. The number of aliphatic hydroxyl groups excluding tert-OH is 1. The minimum absolute atomic E-state index is 0.624. The highest BCUT2D eigenvalue weighted by molar-refractivity contribution is 9.13. The number of hydrogen-bond acceptors (Lipinski definition) is 2. The molecule has 1 N–H and O–H groups in total. The Labute approximate surface area is 146 Å². The molecule has 3 aromatic rings. The van der Waals surface area contributed by atoms with Crippen molar-refractivity contribution in [1.82, 2.24) is 0 Å². The quantitative estimate of drug-likeness (QED) is 0.462. The molecule has 1 aromatic heterocycles. The van der Waals surface area contributed by atoms with Crippen molar-refractivity contribution in [3.8, 4) is 0 Å². The molecule has 20 heavy (non-hydrogen) atoms. The lowest BCUT2D eigenvalue weighted by Gasteiger charge is -2.13. The van der Waals surface area contributed by atoms with Crippen LogP contribution in [0.1, 0.15) is 16.5 Å². The van der Waals surface area contributed by atoms with E-state index >= 15 is 0 Å². The first-order valence-electron chi connectivity index (χ1n) is 5.88. The van der Waals surface area contributed by atoms with Gasteiger partial charge < -0.3 is 5.11 Å². The fraction of sp³-hybridized carbons (Fsp3) is 0.0667. The summed E-state index contributed by atoms with van der Waals surface area (Å²) in [6.07, 6.45) is -0.624. The van der Waals surface area contributed by atoms with Gasteiger partial charge in [-0.15, -0.1) is 11.3 Å². The molecule has 0 aliphatic heterocycles. The third kappa shape index (κ3) is 2.62. The SMILES string of the molecule is OC(c1cc(Br)c(Br)s1)c1ccc(Br)c2ccccc12. The molecule has 0 saturated carbocycles. The Kier molecular flexibility index (Phi) is 4.34. The fourth-order valence-corrected chi connectivity index (χ4v) is 4.75. The molecule has 0 amide bonds. The lowest BCUT2D eigenvalue weighted by atomic mass is 10.00. The highest BCUT2D eigenvalue weighted by Crippen LogP contribution is 2.40. The maximum Gasteiger partial charge on any atom is 0.114 e. The molecule has 0 fully saturated rings. The normalized spacial score (nSPS) is 12.8. The second kappa shape index (κ2) is 5.89. The van der Waals surface area contributed by atoms with Gasteiger partial charge in [0.2, 0.25) is 0 Å². The maximum absolute atomic E-state index is 10.7. The Morgan fingerprint density at radius 2 is 1.60 bits per heavy atom. The smallest absolute Gasteiger partial charge is 0.114 e. The summed E-state index contributed by atoms with van der Waals surface area (Å²) in [5.74, 6) is 0. The van der Waals surface area contributed by atoms with E-state index in [0.717, 1.165) is 33.9 Å². The minimum Gasteiger partial charge on any atom is -0.383 e. The third-order valence-electron chi connectivity index (χ3n) is 3.13. The molecule has 1 heterocycles. The van der Waals surface area contributed by atoms with Gasteiger partial charge in [0, 0.05) is 13.8 Å². The van der Waals surface area contributed by atoms with Crippen LogP contribution in [0.15, 0.2) is 55.2 Å². The van der Waals surface area contributed by atoms with Crippen molar-refractivity contribution in [2.75, 3.05) is 0 Å². The zero-order chi connectivity index (χ0) is 14.3. The molecule has 3 rings (SSSR count). The summed E-state index contributed by atoms with van der Waals surface area (Å²) in [5.41, 5.74) is 0.921. The number of aliphatic hydroxyl groups is 1. The molecular formula is C15H9Br3OS.